The van der Waals surface area contributed by atoms with Crippen molar-refractivity contribution in [2.75, 3.05) is 19.6 Å². The fraction of sp³-hybridized carbons (Fsp3) is 0.556. The predicted octanol–water partition coefficient (Wildman–Crippen LogP) is 4.33. The third-order valence-corrected chi connectivity index (χ3v) is 5.77. The Balaban J connectivity index is 1.73. The SMILES string of the molecule is CC(C)(C)OC(=O)N1CCN(C(=O)c2ccc(Br)c(Cl)c2)C2(CC2)C1. The number of ether oxygens (including phenoxy) is 1. The molecular weight excluding hydrogens is 408 g/mol. The molecule has 0 bridgehead atoms. The summed E-state index contributed by atoms with van der Waals surface area (Å²) >= 11 is 9.46. The van der Waals surface area contributed by atoms with Gasteiger partial charge >= 0.3 is 6.09 Å². The molecule has 1 aromatic rings. The highest BCUT2D eigenvalue weighted by Crippen LogP contribution is 2.45. The Labute approximate surface area is 161 Å². The van der Waals surface area contributed by atoms with Gasteiger partial charge in [0.15, 0.2) is 0 Å². The minimum Gasteiger partial charge on any atom is -0.444 e. The van der Waals surface area contributed by atoms with E-state index < -0.39 is 5.60 Å². The van der Waals surface area contributed by atoms with Gasteiger partial charge in [0, 0.05) is 29.7 Å². The molecule has 0 radical (unpaired) electrons. The van der Waals surface area contributed by atoms with Crippen molar-refractivity contribution in [2.45, 2.75) is 44.8 Å². The quantitative estimate of drug-likeness (QED) is 0.668. The lowest BCUT2D eigenvalue weighted by Crippen LogP contribution is -2.58. The Morgan fingerprint density at radius 2 is 1.92 bits per heavy atom. The summed E-state index contributed by atoms with van der Waals surface area (Å²) in [6.45, 7) is 7.08. The van der Waals surface area contributed by atoms with E-state index in [1.54, 1.807) is 23.1 Å². The third-order valence-electron chi connectivity index (χ3n) is 4.54. The van der Waals surface area contributed by atoms with E-state index >= 15 is 0 Å². The van der Waals surface area contributed by atoms with E-state index in [9.17, 15) is 9.59 Å². The van der Waals surface area contributed by atoms with Crippen molar-refractivity contribution >= 4 is 39.5 Å². The van der Waals surface area contributed by atoms with Gasteiger partial charge in [0.05, 0.1) is 10.6 Å². The monoisotopic (exact) mass is 428 g/mol. The van der Waals surface area contributed by atoms with Gasteiger partial charge in [-0.05, 0) is 67.7 Å². The van der Waals surface area contributed by atoms with E-state index in [-0.39, 0.29) is 17.5 Å². The lowest BCUT2D eigenvalue weighted by molar-refractivity contribution is 0.000636. The number of carbonyl (C=O) groups excluding carboxylic acids is 2. The first-order chi connectivity index (χ1) is 11.6. The van der Waals surface area contributed by atoms with Crippen molar-refractivity contribution in [1.29, 1.82) is 0 Å². The van der Waals surface area contributed by atoms with Crippen molar-refractivity contribution in [3.63, 3.8) is 0 Å². The average molecular weight is 430 g/mol. The Bertz CT molecular complexity index is 713. The molecule has 1 saturated heterocycles. The van der Waals surface area contributed by atoms with Crippen LogP contribution in [-0.4, -0.2) is 52.6 Å². The van der Waals surface area contributed by atoms with E-state index in [0.29, 0.717) is 30.2 Å². The second-order valence-corrected chi connectivity index (χ2v) is 8.97. The minimum absolute atomic E-state index is 0.0317. The molecule has 3 rings (SSSR count). The zero-order chi connectivity index (χ0) is 18.4. The van der Waals surface area contributed by atoms with Crippen LogP contribution in [0.1, 0.15) is 44.0 Å². The average Bonchev–Trinajstić information content (AvgIpc) is 3.27. The third kappa shape index (κ3) is 3.95. The standard InChI is InChI=1S/C18H22BrClN2O3/c1-17(2,3)25-16(24)21-8-9-22(18(11-21)6-7-18)15(23)12-4-5-13(19)14(20)10-12/h4-5,10H,6-9,11H2,1-3H3. The fourth-order valence-electron chi connectivity index (χ4n) is 3.13. The summed E-state index contributed by atoms with van der Waals surface area (Å²) in [6, 6.07) is 5.24. The molecule has 2 fully saturated rings. The molecule has 2 amide bonds. The maximum atomic E-state index is 12.9. The van der Waals surface area contributed by atoms with Crippen molar-refractivity contribution < 1.29 is 14.3 Å². The molecule has 1 saturated carbocycles. The molecule has 0 aromatic heterocycles. The van der Waals surface area contributed by atoms with E-state index in [1.165, 1.54) is 0 Å². The van der Waals surface area contributed by atoms with E-state index in [2.05, 4.69) is 15.9 Å². The van der Waals surface area contributed by atoms with Gasteiger partial charge < -0.3 is 14.5 Å². The topological polar surface area (TPSA) is 49.9 Å². The number of nitrogens with zero attached hydrogens (tertiary/aromatic N) is 2. The molecule has 7 heteroatoms. The van der Waals surface area contributed by atoms with Gasteiger partial charge in [0.2, 0.25) is 0 Å². The maximum Gasteiger partial charge on any atom is 0.410 e. The van der Waals surface area contributed by atoms with Gasteiger partial charge in [-0.15, -0.1) is 0 Å². The molecule has 25 heavy (non-hydrogen) atoms. The van der Waals surface area contributed by atoms with E-state index in [0.717, 1.165) is 17.3 Å². The summed E-state index contributed by atoms with van der Waals surface area (Å²) in [6.07, 6.45) is 1.50. The fourth-order valence-corrected chi connectivity index (χ4v) is 3.56. The van der Waals surface area contributed by atoms with Crippen LogP contribution < -0.4 is 0 Å². The van der Waals surface area contributed by atoms with Crippen molar-refractivity contribution in [2.24, 2.45) is 0 Å². The van der Waals surface area contributed by atoms with Crippen LogP contribution in [0.4, 0.5) is 4.79 Å². The first kappa shape index (κ1) is 18.5. The van der Waals surface area contributed by atoms with Gasteiger partial charge in [-0.25, -0.2) is 4.79 Å². The van der Waals surface area contributed by atoms with Crippen molar-refractivity contribution in [1.82, 2.24) is 9.80 Å². The van der Waals surface area contributed by atoms with Gasteiger partial charge in [0.1, 0.15) is 5.60 Å². The first-order valence-corrected chi connectivity index (χ1v) is 9.53. The Morgan fingerprint density at radius 1 is 1.24 bits per heavy atom. The van der Waals surface area contributed by atoms with Gasteiger partial charge in [-0.3, -0.25) is 4.79 Å². The molecule has 5 nitrogen and oxygen atoms in total. The molecule has 1 heterocycles. The van der Waals surface area contributed by atoms with Crippen molar-refractivity contribution in [3.8, 4) is 0 Å². The maximum absolute atomic E-state index is 12.9. The van der Waals surface area contributed by atoms with E-state index in [1.807, 2.05) is 25.7 Å². The highest BCUT2D eigenvalue weighted by molar-refractivity contribution is 9.10. The Morgan fingerprint density at radius 3 is 2.48 bits per heavy atom. The molecule has 1 aromatic carbocycles. The summed E-state index contributed by atoms with van der Waals surface area (Å²) in [5.41, 5.74) is -0.203. The minimum atomic E-state index is -0.519. The second kappa shape index (κ2) is 6.47. The normalized spacial score (nSPS) is 19.1. The molecule has 1 aliphatic carbocycles. The largest absolute Gasteiger partial charge is 0.444 e. The number of hydrogen-bond acceptors (Lipinski definition) is 3. The molecule has 2 aliphatic rings. The smallest absolute Gasteiger partial charge is 0.410 e. The van der Waals surface area contributed by atoms with Crippen LogP contribution in [0.25, 0.3) is 0 Å². The molecule has 0 atom stereocenters. The van der Waals surface area contributed by atoms with Crippen LogP contribution in [0.2, 0.25) is 5.02 Å². The number of amides is 2. The molecular formula is C18H22BrClN2O3. The number of rotatable bonds is 1. The van der Waals surface area contributed by atoms with E-state index in [4.69, 9.17) is 16.3 Å². The van der Waals surface area contributed by atoms with Crippen LogP contribution in [0, 0.1) is 0 Å². The van der Waals surface area contributed by atoms with Crippen LogP contribution >= 0.6 is 27.5 Å². The number of carbonyl (C=O) groups is 2. The lowest BCUT2D eigenvalue weighted by atomic mass is 10.1. The molecule has 0 N–H and O–H groups in total. The molecule has 1 aliphatic heterocycles. The highest BCUT2D eigenvalue weighted by atomic mass is 79.9. The summed E-state index contributed by atoms with van der Waals surface area (Å²) in [4.78, 5) is 28.9. The molecule has 136 valence electrons. The Hall–Kier alpha value is -1.27. The highest BCUT2D eigenvalue weighted by Gasteiger charge is 2.54. The number of halogens is 2. The summed E-state index contributed by atoms with van der Waals surface area (Å²) in [7, 11) is 0. The first-order valence-electron chi connectivity index (χ1n) is 8.36. The van der Waals surface area contributed by atoms with Gasteiger partial charge in [-0.1, -0.05) is 11.6 Å². The number of benzene rings is 1. The lowest BCUT2D eigenvalue weighted by Gasteiger charge is -2.42. The summed E-state index contributed by atoms with van der Waals surface area (Å²) in [5, 5.41) is 0.517. The van der Waals surface area contributed by atoms with Crippen molar-refractivity contribution in [3.05, 3.63) is 33.3 Å². The van der Waals surface area contributed by atoms with Gasteiger partial charge in [0.25, 0.3) is 5.91 Å². The van der Waals surface area contributed by atoms with Crippen LogP contribution in [0.3, 0.4) is 0 Å². The van der Waals surface area contributed by atoms with Crippen LogP contribution in [0.5, 0.6) is 0 Å². The molecule has 0 unspecified atom stereocenters. The molecule has 1 spiro atoms. The summed E-state index contributed by atoms with van der Waals surface area (Å²) in [5.74, 6) is -0.0317. The second-order valence-electron chi connectivity index (χ2n) is 7.71. The van der Waals surface area contributed by atoms with Crippen LogP contribution in [0.15, 0.2) is 22.7 Å². The predicted molar refractivity (Wildman–Crippen MR) is 100.0 cm³/mol. The van der Waals surface area contributed by atoms with Crippen LogP contribution in [-0.2, 0) is 4.74 Å². The number of hydrogen-bond donors (Lipinski definition) is 0. The zero-order valence-corrected chi connectivity index (χ0v) is 17.0. The zero-order valence-electron chi connectivity index (χ0n) is 14.6. The number of piperazine rings is 1. The van der Waals surface area contributed by atoms with Gasteiger partial charge in [-0.2, -0.15) is 0 Å². The summed E-state index contributed by atoms with van der Waals surface area (Å²) < 4.78 is 6.23. The Kier molecular flexibility index (Phi) is 4.79.